The highest BCUT2D eigenvalue weighted by Gasteiger charge is 2.22. The highest BCUT2D eigenvalue weighted by Crippen LogP contribution is 2.42. The van der Waals surface area contributed by atoms with E-state index >= 15 is 0 Å². The Morgan fingerprint density at radius 1 is 1.03 bits per heavy atom. The first kappa shape index (κ1) is 18.6. The number of hydrogen-bond donors (Lipinski definition) is 4. The Morgan fingerprint density at radius 2 is 1.79 bits per heavy atom. The van der Waals surface area contributed by atoms with Gasteiger partial charge in [0.1, 0.15) is 17.1 Å². The van der Waals surface area contributed by atoms with Crippen LogP contribution in [-0.4, -0.2) is 21.3 Å². The standard InChI is InChI=1S/C21H14N2O5S/c22-21(29)23-10-1-4-13(16(7-10)20(26)27)19-14-5-2-11(24)8-17(14)28-18-9-12(25)3-6-15(18)19/h1-9,24H,(H,26,27)(H3,22,23,29)/p+1. The highest BCUT2D eigenvalue weighted by atomic mass is 32.1. The smallest absolute Gasteiger partial charge is 0.336 e. The number of phenols is 1. The van der Waals surface area contributed by atoms with Gasteiger partial charge in [-0.1, -0.05) is 6.07 Å². The molecule has 0 amide bonds. The number of anilines is 1. The quantitative estimate of drug-likeness (QED) is 0.304. The minimum Gasteiger partial charge on any atom is -0.508 e. The number of phenolic OH excluding ortho intramolecular Hbond substituents is 1. The first-order chi connectivity index (χ1) is 13.8. The largest absolute Gasteiger partial charge is 0.508 e. The summed E-state index contributed by atoms with van der Waals surface area (Å²) in [6.07, 6.45) is 0. The third-order valence-electron chi connectivity index (χ3n) is 4.48. The van der Waals surface area contributed by atoms with Crippen molar-refractivity contribution >= 4 is 40.0 Å². The van der Waals surface area contributed by atoms with Crippen molar-refractivity contribution in [2.75, 3.05) is 5.32 Å². The normalized spacial score (nSPS) is 10.9. The summed E-state index contributed by atoms with van der Waals surface area (Å²) in [4.78, 5) is 23.9. The number of thiocarbonyl (C=S) groups is 1. The molecular formula is C21H15N2O5S+. The zero-order chi connectivity index (χ0) is 20.7. The summed E-state index contributed by atoms with van der Waals surface area (Å²) in [6.45, 7) is 0. The van der Waals surface area contributed by atoms with Crippen LogP contribution in [0.2, 0.25) is 0 Å². The van der Waals surface area contributed by atoms with Gasteiger partial charge in [0.2, 0.25) is 0 Å². The number of aromatic carboxylic acids is 1. The first-order valence-corrected chi connectivity index (χ1v) is 8.94. The molecule has 0 radical (unpaired) electrons. The van der Waals surface area contributed by atoms with Crippen LogP contribution in [0.25, 0.3) is 33.4 Å². The van der Waals surface area contributed by atoms with Crippen LogP contribution in [0.15, 0.2) is 63.8 Å². The number of carboxylic acids is 1. The summed E-state index contributed by atoms with van der Waals surface area (Å²) < 4.78 is 5.80. The Balaban J connectivity index is 2.11. The maximum Gasteiger partial charge on any atom is 0.336 e. The Bertz CT molecular complexity index is 1330. The van der Waals surface area contributed by atoms with Gasteiger partial charge in [-0.25, -0.2) is 4.79 Å². The van der Waals surface area contributed by atoms with Gasteiger partial charge in [0.05, 0.1) is 5.56 Å². The van der Waals surface area contributed by atoms with Crippen molar-refractivity contribution < 1.29 is 25.2 Å². The molecule has 1 heterocycles. The number of carbonyl (C=O) groups is 1. The average molecular weight is 407 g/mol. The number of aromatic hydroxyl groups is 1. The molecule has 0 aromatic heterocycles. The van der Waals surface area contributed by atoms with Crippen LogP contribution in [0.5, 0.6) is 5.75 Å². The van der Waals surface area contributed by atoms with Crippen molar-refractivity contribution in [1.82, 2.24) is 0 Å². The molecule has 2 aromatic carbocycles. The molecule has 0 fully saturated rings. The molecule has 6 N–H and O–H groups in total. The van der Waals surface area contributed by atoms with Gasteiger partial charge in [-0.3, -0.25) is 4.79 Å². The van der Waals surface area contributed by atoms with E-state index in [2.05, 4.69) is 11.1 Å². The van der Waals surface area contributed by atoms with E-state index in [4.69, 9.17) is 16.6 Å². The van der Waals surface area contributed by atoms with Crippen molar-refractivity contribution in [2.45, 2.75) is 0 Å². The molecule has 29 heavy (non-hydrogen) atoms. The van der Waals surface area contributed by atoms with Gasteiger partial charge >= 0.3 is 5.97 Å². The summed E-state index contributed by atoms with van der Waals surface area (Å²) in [5.74, 6) is -0.838. The highest BCUT2D eigenvalue weighted by molar-refractivity contribution is 7.80. The van der Waals surface area contributed by atoms with Crippen LogP contribution in [0, 0.1) is 0 Å². The number of rotatable bonds is 3. The van der Waals surface area contributed by atoms with Gasteiger partial charge in [-0.2, -0.15) is 0 Å². The zero-order valence-electron chi connectivity index (χ0n) is 14.9. The summed E-state index contributed by atoms with van der Waals surface area (Å²) in [5.41, 5.74) is 5.83. The van der Waals surface area contributed by atoms with Crippen LogP contribution in [-0.2, 0) is 0 Å². The molecule has 0 saturated carbocycles. The number of hydrogen-bond acceptors (Lipinski definition) is 5. The first-order valence-electron chi connectivity index (χ1n) is 8.54. The molecule has 144 valence electrons. The van der Waals surface area contributed by atoms with Crippen molar-refractivity contribution in [1.29, 1.82) is 0 Å². The second-order valence-corrected chi connectivity index (χ2v) is 6.92. The van der Waals surface area contributed by atoms with E-state index in [9.17, 15) is 19.8 Å². The van der Waals surface area contributed by atoms with Gasteiger partial charge in [-0.05, 0) is 42.0 Å². The molecule has 0 spiro atoms. The minimum atomic E-state index is -1.13. The SMILES string of the molecule is [NH3+]C(=S)Nc1ccc(-c2c3ccc(=O)cc-3oc3cc(O)ccc23)c(C(=O)O)c1. The lowest BCUT2D eigenvalue weighted by molar-refractivity contribution is -0.208. The third kappa shape index (κ3) is 3.42. The van der Waals surface area contributed by atoms with Gasteiger partial charge < -0.3 is 25.7 Å². The van der Waals surface area contributed by atoms with Crippen LogP contribution in [0.4, 0.5) is 5.69 Å². The summed E-state index contributed by atoms with van der Waals surface area (Å²) >= 11 is 4.93. The maximum absolute atomic E-state index is 12.0. The molecule has 1 aliphatic heterocycles. The molecule has 0 atom stereocenters. The lowest BCUT2D eigenvalue weighted by atomic mass is 9.90. The molecular weight excluding hydrogens is 392 g/mol. The molecule has 0 saturated heterocycles. The van der Waals surface area contributed by atoms with E-state index in [-0.39, 0.29) is 21.9 Å². The van der Waals surface area contributed by atoms with Crippen molar-refractivity contribution in [2.24, 2.45) is 0 Å². The van der Waals surface area contributed by atoms with Crippen LogP contribution < -0.4 is 16.5 Å². The molecule has 7 nitrogen and oxygen atoms in total. The number of benzene rings is 3. The fourth-order valence-corrected chi connectivity index (χ4v) is 3.45. The van der Waals surface area contributed by atoms with Crippen LogP contribution in [0.1, 0.15) is 10.4 Å². The Kier molecular flexibility index (Phi) is 4.50. The second-order valence-electron chi connectivity index (χ2n) is 6.43. The third-order valence-corrected chi connectivity index (χ3v) is 4.58. The molecule has 2 aromatic rings. The van der Waals surface area contributed by atoms with E-state index in [1.807, 2.05) is 0 Å². The van der Waals surface area contributed by atoms with E-state index in [0.717, 1.165) is 0 Å². The average Bonchev–Trinajstić information content (AvgIpc) is 2.65. The zero-order valence-corrected chi connectivity index (χ0v) is 15.7. The molecule has 8 heteroatoms. The lowest BCUT2D eigenvalue weighted by Gasteiger charge is -2.17. The number of carboxylic acid groups (broad SMARTS) is 1. The van der Waals surface area contributed by atoms with Crippen molar-refractivity contribution in [3.05, 3.63) is 70.4 Å². The summed E-state index contributed by atoms with van der Waals surface area (Å²) in [7, 11) is 0. The Morgan fingerprint density at radius 3 is 2.52 bits per heavy atom. The second kappa shape index (κ2) is 7.01. The Labute approximate surface area is 169 Å². The number of quaternary nitrogens is 1. The van der Waals surface area contributed by atoms with Gasteiger partial charge in [-0.15, -0.1) is 0 Å². The fraction of sp³-hybridized carbons (Fsp3) is 0. The maximum atomic E-state index is 12.0. The van der Waals surface area contributed by atoms with Crippen LogP contribution in [0.3, 0.4) is 0 Å². The number of nitrogens with one attached hydrogen (secondary N) is 1. The van der Waals surface area contributed by atoms with Gasteiger partial charge in [0.25, 0.3) is 5.11 Å². The van der Waals surface area contributed by atoms with Crippen LogP contribution >= 0.6 is 12.2 Å². The van der Waals surface area contributed by atoms with Gasteiger partial charge in [0.15, 0.2) is 5.43 Å². The molecule has 0 unspecified atom stereocenters. The van der Waals surface area contributed by atoms with E-state index in [0.29, 0.717) is 39.1 Å². The van der Waals surface area contributed by atoms with Crippen molar-refractivity contribution in [3.8, 4) is 28.2 Å². The molecule has 4 rings (SSSR count). The molecule has 1 aliphatic carbocycles. The Hall–Kier alpha value is -3.75. The molecule has 0 bridgehead atoms. The minimum absolute atomic E-state index is 0.00760. The summed E-state index contributed by atoms with van der Waals surface area (Å²) in [6, 6.07) is 13.7. The summed E-state index contributed by atoms with van der Waals surface area (Å²) in [5, 5.41) is 23.4. The number of fused-ring (bicyclic) bond motifs is 2. The van der Waals surface area contributed by atoms with Gasteiger partial charge in [0, 0.05) is 46.6 Å². The lowest BCUT2D eigenvalue weighted by Crippen LogP contribution is -2.59. The predicted molar refractivity (Wildman–Crippen MR) is 112 cm³/mol. The molecule has 2 aliphatic rings. The predicted octanol–water partition coefficient (Wildman–Crippen LogP) is 2.91. The fourth-order valence-electron chi connectivity index (χ4n) is 3.33. The topological polar surface area (TPSA) is 127 Å². The van der Waals surface area contributed by atoms with E-state index in [1.165, 1.54) is 30.3 Å². The van der Waals surface area contributed by atoms with E-state index < -0.39 is 5.97 Å². The van der Waals surface area contributed by atoms with Crippen molar-refractivity contribution in [3.63, 3.8) is 0 Å². The monoisotopic (exact) mass is 407 g/mol. The van der Waals surface area contributed by atoms with E-state index in [1.54, 1.807) is 24.3 Å².